The van der Waals surface area contributed by atoms with Crippen LogP contribution in [0.25, 0.3) is 0 Å². The van der Waals surface area contributed by atoms with Gasteiger partial charge in [0.05, 0.1) is 5.02 Å². The average molecular weight is 269 g/mol. The molecule has 0 aromatic carbocycles. The van der Waals surface area contributed by atoms with E-state index in [1.54, 1.807) is 17.8 Å². The number of nitrogens with one attached hydrogen (secondary N) is 2. The van der Waals surface area contributed by atoms with E-state index >= 15 is 0 Å². The number of anilines is 1. The van der Waals surface area contributed by atoms with Crippen LogP contribution in [0.4, 0.5) is 5.82 Å². The van der Waals surface area contributed by atoms with Gasteiger partial charge in [0.2, 0.25) is 0 Å². The van der Waals surface area contributed by atoms with Gasteiger partial charge in [0, 0.05) is 19.3 Å². The van der Waals surface area contributed by atoms with Crippen molar-refractivity contribution in [2.75, 3.05) is 5.32 Å². The average Bonchev–Trinajstić information content (AvgIpc) is 2.85. The number of aromatic amines is 1. The highest BCUT2D eigenvalue weighted by molar-refractivity contribution is 6.31. The monoisotopic (exact) mass is 268 g/mol. The fraction of sp³-hybridized carbons (Fsp3) is 0.100. The number of carbonyl (C=O) groups is 2. The fourth-order valence-corrected chi connectivity index (χ4v) is 1.68. The van der Waals surface area contributed by atoms with Crippen LogP contribution in [0.1, 0.15) is 21.0 Å². The second-order valence-electron chi connectivity index (χ2n) is 3.58. The molecule has 0 unspecified atom stereocenters. The van der Waals surface area contributed by atoms with Crippen molar-refractivity contribution in [3.05, 3.63) is 34.7 Å². The Hall–Kier alpha value is -2.28. The number of carboxylic acid groups (broad SMARTS) is 1. The van der Waals surface area contributed by atoms with E-state index in [1.807, 2.05) is 0 Å². The predicted molar refractivity (Wildman–Crippen MR) is 63.9 cm³/mol. The zero-order chi connectivity index (χ0) is 13.3. The first kappa shape index (κ1) is 12.2. The van der Waals surface area contributed by atoms with Crippen molar-refractivity contribution < 1.29 is 14.7 Å². The molecule has 0 fully saturated rings. The largest absolute Gasteiger partial charge is 0.477 e. The molecule has 3 N–H and O–H groups in total. The van der Waals surface area contributed by atoms with Gasteiger partial charge >= 0.3 is 5.97 Å². The van der Waals surface area contributed by atoms with E-state index in [9.17, 15) is 9.59 Å². The molecule has 2 heterocycles. The molecule has 2 aromatic rings. The van der Waals surface area contributed by atoms with E-state index in [0.29, 0.717) is 10.7 Å². The van der Waals surface area contributed by atoms with Crippen LogP contribution in [0.15, 0.2) is 18.3 Å². The summed E-state index contributed by atoms with van der Waals surface area (Å²) in [4.78, 5) is 22.5. The first-order valence-corrected chi connectivity index (χ1v) is 5.27. The number of rotatable bonds is 3. The Labute approximate surface area is 106 Å². The van der Waals surface area contributed by atoms with Crippen LogP contribution in [-0.4, -0.2) is 31.7 Å². The first-order valence-electron chi connectivity index (χ1n) is 4.89. The number of hydrogen-bond acceptors (Lipinski definition) is 3. The fourth-order valence-electron chi connectivity index (χ4n) is 1.43. The number of carbonyl (C=O) groups excluding carboxylic acids is 1. The molecule has 0 aliphatic carbocycles. The summed E-state index contributed by atoms with van der Waals surface area (Å²) in [7, 11) is 1.67. The predicted octanol–water partition coefficient (Wildman–Crippen LogP) is 1.35. The van der Waals surface area contributed by atoms with E-state index in [2.05, 4.69) is 15.5 Å². The molecule has 0 aliphatic heterocycles. The highest BCUT2D eigenvalue weighted by atomic mass is 35.5. The minimum absolute atomic E-state index is 0.102. The second-order valence-corrected chi connectivity index (χ2v) is 4.02. The maximum Gasteiger partial charge on any atom is 0.353 e. The third kappa shape index (κ3) is 2.35. The topological polar surface area (TPSA) is 100 Å². The van der Waals surface area contributed by atoms with E-state index in [4.69, 9.17) is 16.7 Å². The number of H-pyrrole nitrogens is 1. The third-order valence-electron chi connectivity index (χ3n) is 2.25. The second kappa shape index (κ2) is 4.53. The van der Waals surface area contributed by atoms with Gasteiger partial charge in [0.25, 0.3) is 5.91 Å². The van der Waals surface area contributed by atoms with Crippen molar-refractivity contribution in [1.29, 1.82) is 0 Å². The minimum Gasteiger partial charge on any atom is -0.477 e. The lowest BCUT2D eigenvalue weighted by atomic mass is 10.4. The molecule has 0 bridgehead atoms. The molecule has 7 nitrogen and oxygen atoms in total. The van der Waals surface area contributed by atoms with Crippen LogP contribution in [0.2, 0.25) is 5.02 Å². The lowest BCUT2D eigenvalue weighted by molar-refractivity contribution is 0.0690. The molecule has 0 aliphatic rings. The Morgan fingerprint density at radius 2 is 2.22 bits per heavy atom. The highest BCUT2D eigenvalue weighted by Gasteiger charge is 2.14. The summed E-state index contributed by atoms with van der Waals surface area (Å²) in [6, 6.07) is 2.73. The quantitative estimate of drug-likeness (QED) is 0.782. The van der Waals surface area contributed by atoms with Crippen LogP contribution in [0.3, 0.4) is 0 Å². The highest BCUT2D eigenvalue weighted by Crippen LogP contribution is 2.14. The zero-order valence-electron chi connectivity index (χ0n) is 9.27. The van der Waals surface area contributed by atoms with E-state index in [0.717, 1.165) is 0 Å². The number of aromatic carboxylic acids is 1. The summed E-state index contributed by atoms with van der Waals surface area (Å²) in [6.07, 6.45) is 1.59. The summed E-state index contributed by atoms with van der Waals surface area (Å²) in [6.45, 7) is 0. The molecule has 0 spiro atoms. The smallest absolute Gasteiger partial charge is 0.353 e. The number of nitrogens with zero attached hydrogens (tertiary/aromatic N) is 2. The molecule has 94 valence electrons. The van der Waals surface area contributed by atoms with E-state index in [1.165, 1.54) is 12.1 Å². The van der Waals surface area contributed by atoms with Crippen molar-refractivity contribution in [3.8, 4) is 0 Å². The Bertz CT molecular complexity index is 616. The van der Waals surface area contributed by atoms with Crippen LogP contribution in [0.5, 0.6) is 0 Å². The normalized spacial score (nSPS) is 10.3. The van der Waals surface area contributed by atoms with Crippen LogP contribution < -0.4 is 5.32 Å². The summed E-state index contributed by atoms with van der Waals surface area (Å²) in [5.74, 6) is -1.44. The van der Waals surface area contributed by atoms with Crippen LogP contribution >= 0.6 is 11.6 Å². The van der Waals surface area contributed by atoms with Crippen LogP contribution in [-0.2, 0) is 7.05 Å². The summed E-state index contributed by atoms with van der Waals surface area (Å²) < 4.78 is 1.56. The van der Waals surface area contributed by atoms with Gasteiger partial charge in [-0.15, -0.1) is 0 Å². The van der Waals surface area contributed by atoms with Gasteiger partial charge in [-0.3, -0.25) is 9.89 Å². The van der Waals surface area contributed by atoms with Gasteiger partial charge in [-0.1, -0.05) is 11.6 Å². The number of halogens is 1. The number of hydrogen-bond donors (Lipinski definition) is 3. The minimum atomic E-state index is -1.15. The standard InChI is InChI=1S/C10H9ClN4O3/c1-15-4-5(11)2-7(15)9(16)12-8-3-6(10(17)18)13-14-8/h2-4H,1H3,(H,17,18)(H2,12,13,14,16). The van der Waals surface area contributed by atoms with Gasteiger partial charge in [-0.25, -0.2) is 4.79 Å². The van der Waals surface area contributed by atoms with Crippen molar-refractivity contribution in [1.82, 2.24) is 14.8 Å². The molecular formula is C10H9ClN4O3. The molecule has 0 radical (unpaired) electrons. The number of aromatic nitrogens is 3. The lowest BCUT2D eigenvalue weighted by Gasteiger charge is -2.02. The molecule has 18 heavy (non-hydrogen) atoms. The Balaban J connectivity index is 2.16. The van der Waals surface area contributed by atoms with Gasteiger partial charge < -0.3 is 15.0 Å². The molecule has 0 saturated carbocycles. The maximum atomic E-state index is 11.8. The Morgan fingerprint density at radius 1 is 1.50 bits per heavy atom. The summed E-state index contributed by atoms with van der Waals surface area (Å²) >= 11 is 5.76. The van der Waals surface area contributed by atoms with Crippen LogP contribution in [0, 0.1) is 0 Å². The third-order valence-corrected chi connectivity index (χ3v) is 2.46. The van der Waals surface area contributed by atoms with Gasteiger partial charge in [0.15, 0.2) is 5.82 Å². The van der Waals surface area contributed by atoms with Crippen molar-refractivity contribution in [2.24, 2.45) is 7.05 Å². The summed E-state index contributed by atoms with van der Waals surface area (Å²) in [5.41, 5.74) is 0.245. The maximum absolute atomic E-state index is 11.8. The molecule has 1 amide bonds. The number of amides is 1. The molecule has 0 atom stereocenters. The van der Waals surface area contributed by atoms with Gasteiger partial charge in [0.1, 0.15) is 11.4 Å². The molecule has 2 rings (SSSR count). The lowest BCUT2D eigenvalue weighted by Crippen LogP contribution is -2.15. The van der Waals surface area contributed by atoms with E-state index in [-0.39, 0.29) is 11.5 Å². The van der Waals surface area contributed by atoms with Crippen molar-refractivity contribution >= 4 is 29.3 Å². The first-order chi connectivity index (χ1) is 8.47. The van der Waals surface area contributed by atoms with Gasteiger partial charge in [-0.05, 0) is 6.07 Å². The van der Waals surface area contributed by atoms with Gasteiger partial charge in [-0.2, -0.15) is 5.10 Å². The summed E-state index contributed by atoms with van der Waals surface area (Å²) in [5, 5.41) is 17.5. The zero-order valence-corrected chi connectivity index (χ0v) is 10.0. The van der Waals surface area contributed by atoms with Crippen molar-refractivity contribution in [2.45, 2.75) is 0 Å². The molecule has 8 heteroatoms. The van der Waals surface area contributed by atoms with E-state index < -0.39 is 11.9 Å². The SMILES string of the molecule is Cn1cc(Cl)cc1C(=O)Nc1cc(C(=O)O)[nH]n1. The molecule has 2 aromatic heterocycles. The Kier molecular flexibility index (Phi) is 3.07. The number of aryl methyl sites for hydroxylation is 1. The number of carboxylic acids is 1. The molecular weight excluding hydrogens is 260 g/mol. The molecule has 0 saturated heterocycles. The van der Waals surface area contributed by atoms with Crippen molar-refractivity contribution in [3.63, 3.8) is 0 Å². The Morgan fingerprint density at radius 3 is 2.72 bits per heavy atom.